The molecule has 1 atom stereocenters. The lowest BCUT2D eigenvalue weighted by Gasteiger charge is -2.36. The predicted molar refractivity (Wildman–Crippen MR) is 75.1 cm³/mol. The molecule has 6 heteroatoms. The van der Waals surface area contributed by atoms with Crippen LogP contribution in [0.15, 0.2) is 35.8 Å². The number of thiocarbonyl (C=S) groups is 1. The molecular formula is C13H14N4OS. The predicted octanol–water partition coefficient (Wildman–Crippen LogP) is 0.717. The number of rotatable bonds is 1. The van der Waals surface area contributed by atoms with Crippen LogP contribution in [0.1, 0.15) is 18.0 Å². The number of amides is 1. The van der Waals surface area contributed by atoms with Crippen molar-refractivity contribution in [3.63, 3.8) is 0 Å². The van der Waals surface area contributed by atoms with Crippen molar-refractivity contribution in [1.82, 2.24) is 20.5 Å². The van der Waals surface area contributed by atoms with E-state index in [-0.39, 0.29) is 11.9 Å². The zero-order chi connectivity index (χ0) is 13.4. The van der Waals surface area contributed by atoms with E-state index in [0.29, 0.717) is 11.7 Å². The van der Waals surface area contributed by atoms with E-state index in [2.05, 4.69) is 15.6 Å². The van der Waals surface area contributed by atoms with Crippen LogP contribution >= 0.6 is 12.2 Å². The van der Waals surface area contributed by atoms with Gasteiger partial charge in [-0.25, -0.2) is 0 Å². The number of likely N-dealkylation sites (N-methyl/N-ethyl adjacent to an activating group) is 1. The number of aromatic nitrogens is 1. The van der Waals surface area contributed by atoms with Gasteiger partial charge in [0.2, 0.25) is 0 Å². The summed E-state index contributed by atoms with van der Waals surface area (Å²) >= 11 is 5.22. The Balaban J connectivity index is 2.07. The van der Waals surface area contributed by atoms with Crippen molar-refractivity contribution in [2.45, 2.75) is 12.5 Å². The third-order valence-electron chi connectivity index (χ3n) is 3.45. The van der Waals surface area contributed by atoms with Crippen LogP contribution in [0.5, 0.6) is 0 Å². The summed E-state index contributed by atoms with van der Waals surface area (Å²) in [5.41, 5.74) is 2.62. The van der Waals surface area contributed by atoms with E-state index >= 15 is 0 Å². The molecular weight excluding hydrogens is 260 g/mol. The van der Waals surface area contributed by atoms with E-state index in [1.54, 1.807) is 17.3 Å². The highest BCUT2D eigenvalue weighted by atomic mass is 32.1. The number of nitrogens with zero attached hydrogens (tertiary/aromatic N) is 2. The van der Waals surface area contributed by atoms with Gasteiger partial charge in [0.15, 0.2) is 5.11 Å². The number of hydrogen-bond acceptors (Lipinski definition) is 3. The first kappa shape index (κ1) is 12.1. The van der Waals surface area contributed by atoms with E-state index in [1.807, 2.05) is 19.2 Å². The summed E-state index contributed by atoms with van der Waals surface area (Å²) in [5, 5.41) is 6.82. The van der Waals surface area contributed by atoms with Gasteiger partial charge >= 0.3 is 0 Å². The largest absolute Gasteiger partial charge is 0.351 e. The Morgan fingerprint density at radius 3 is 3.11 bits per heavy atom. The molecule has 0 aromatic carbocycles. The Hall–Kier alpha value is -1.95. The second kappa shape index (κ2) is 4.62. The molecule has 0 aliphatic carbocycles. The van der Waals surface area contributed by atoms with E-state index in [4.69, 9.17) is 12.2 Å². The molecule has 3 heterocycles. The third-order valence-corrected chi connectivity index (χ3v) is 3.67. The summed E-state index contributed by atoms with van der Waals surface area (Å²) in [6.07, 6.45) is 4.28. The Bertz CT molecular complexity index is 569. The van der Waals surface area contributed by atoms with Gasteiger partial charge in [0.25, 0.3) is 5.91 Å². The molecule has 19 heavy (non-hydrogen) atoms. The first-order valence-electron chi connectivity index (χ1n) is 6.13. The fourth-order valence-corrected chi connectivity index (χ4v) is 2.69. The summed E-state index contributed by atoms with van der Waals surface area (Å²) in [4.78, 5) is 18.2. The zero-order valence-corrected chi connectivity index (χ0v) is 11.3. The van der Waals surface area contributed by atoms with Crippen LogP contribution in [-0.4, -0.2) is 34.5 Å². The van der Waals surface area contributed by atoms with Crippen LogP contribution in [0.25, 0.3) is 0 Å². The van der Waals surface area contributed by atoms with Gasteiger partial charge in [-0.15, -0.1) is 0 Å². The average molecular weight is 274 g/mol. The molecule has 0 saturated carbocycles. The number of carbonyl (C=O) groups excluding carboxylic acids is 1. The van der Waals surface area contributed by atoms with E-state index in [0.717, 1.165) is 23.3 Å². The average Bonchev–Trinajstić information content (AvgIpc) is 2.43. The van der Waals surface area contributed by atoms with Gasteiger partial charge in [-0.3, -0.25) is 9.78 Å². The summed E-state index contributed by atoms with van der Waals surface area (Å²) < 4.78 is 0. The molecule has 2 aliphatic rings. The van der Waals surface area contributed by atoms with Crippen molar-refractivity contribution in [3.05, 3.63) is 41.4 Å². The second-order valence-corrected chi connectivity index (χ2v) is 5.10. The van der Waals surface area contributed by atoms with Crippen molar-refractivity contribution in [1.29, 1.82) is 0 Å². The van der Waals surface area contributed by atoms with Gasteiger partial charge in [0.05, 0.1) is 11.6 Å². The molecule has 98 valence electrons. The van der Waals surface area contributed by atoms with Crippen LogP contribution in [0.2, 0.25) is 0 Å². The topological polar surface area (TPSA) is 57.3 Å². The van der Waals surface area contributed by atoms with Crippen LogP contribution in [0, 0.1) is 0 Å². The summed E-state index contributed by atoms with van der Waals surface area (Å²) in [5.74, 6) is 0.0394. The smallest absolute Gasteiger partial charge is 0.253 e. The maximum atomic E-state index is 12.4. The van der Waals surface area contributed by atoms with Gasteiger partial charge in [-0.1, -0.05) is 6.07 Å². The van der Waals surface area contributed by atoms with Crippen LogP contribution in [-0.2, 0) is 4.79 Å². The van der Waals surface area contributed by atoms with Crippen molar-refractivity contribution in [3.8, 4) is 0 Å². The number of nitrogens with one attached hydrogen (secondary N) is 2. The Morgan fingerprint density at radius 2 is 2.37 bits per heavy atom. The van der Waals surface area contributed by atoms with Crippen molar-refractivity contribution in [2.24, 2.45) is 0 Å². The minimum Gasteiger partial charge on any atom is -0.351 e. The molecule has 1 unspecified atom stereocenters. The first-order chi connectivity index (χ1) is 9.16. The molecule has 1 amide bonds. The quantitative estimate of drug-likeness (QED) is 0.739. The normalized spacial score (nSPS) is 22.8. The molecule has 0 bridgehead atoms. The summed E-state index contributed by atoms with van der Waals surface area (Å²) in [6.45, 7) is 0.715. The molecule has 2 N–H and O–H groups in total. The molecule has 1 aromatic heterocycles. The SMILES string of the molecule is CN1CCC2=C(C1=O)C(c1cccnc1)NC(=S)N2. The Kier molecular flexibility index (Phi) is 2.94. The highest BCUT2D eigenvalue weighted by Crippen LogP contribution is 2.31. The molecule has 2 aliphatic heterocycles. The Morgan fingerprint density at radius 1 is 1.53 bits per heavy atom. The fourth-order valence-electron chi connectivity index (χ4n) is 2.45. The summed E-state index contributed by atoms with van der Waals surface area (Å²) in [7, 11) is 1.82. The van der Waals surface area contributed by atoms with Crippen molar-refractivity contribution < 1.29 is 4.79 Å². The molecule has 0 fully saturated rings. The highest BCUT2D eigenvalue weighted by Gasteiger charge is 2.35. The van der Waals surface area contributed by atoms with Gasteiger partial charge in [-0.05, 0) is 23.8 Å². The molecule has 0 spiro atoms. The standard InChI is InChI=1S/C13H14N4OS/c1-17-6-4-9-10(12(17)18)11(16-13(19)15-9)8-3-2-5-14-7-8/h2-3,5,7,11H,4,6H2,1H3,(H2,15,16,19). The lowest BCUT2D eigenvalue weighted by molar-refractivity contribution is -0.127. The van der Waals surface area contributed by atoms with Crippen molar-refractivity contribution >= 4 is 23.2 Å². The lowest BCUT2D eigenvalue weighted by atomic mass is 9.92. The van der Waals surface area contributed by atoms with Gasteiger partial charge in [0.1, 0.15) is 0 Å². The maximum absolute atomic E-state index is 12.4. The van der Waals surface area contributed by atoms with Gasteiger partial charge in [-0.2, -0.15) is 0 Å². The van der Waals surface area contributed by atoms with Crippen LogP contribution in [0.3, 0.4) is 0 Å². The fraction of sp³-hybridized carbons (Fsp3) is 0.308. The van der Waals surface area contributed by atoms with Crippen molar-refractivity contribution in [2.75, 3.05) is 13.6 Å². The zero-order valence-electron chi connectivity index (χ0n) is 10.5. The number of pyridine rings is 1. The number of carbonyl (C=O) groups is 1. The Labute approximate surface area is 116 Å². The maximum Gasteiger partial charge on any atom is 0.253 e. The third kappa shape index (κ3) is 2.08. The lowest BCUT2D eigenvalue weighted by Crippen LogP contribution is -2.50. The number of hydrogen-bond donors (Lipinski definition) is 2. The second-order valence-electron chi connectivity index (χ2n) is 4.69. The molecule has 3 rings (SSSR count). The van der Waals surface area contributed by atoms with E-state index in [1.165, 1.54) is 0 Å². The molecule has 1 aromatic rings. The van der Waals surface area contributed by atoms with E-state index in [9.17, 15) is 4.79 Å². The molecule has 0 radical (unpaired) electrons. The summed E-state index contributed by atoms with van der Waals surface area (Å²) in [6, 6.07) is 3.59. The minimum atomic E-state index is -0.215. The minimum absolute atomic E-state index is 0.0394. The van der Waals surface area contributed by atoms with Crippen LogP contribution < -0.4 is 10.6 Å². The van der Waals surface area contributed by atoms with Gasteiger partial charge < -0.3 is 15.5 Å². The highest BCUT2D eigenvalue weighted by molar-refractivity contribution is 7.80. The first-order valence-corrected chi connectivity index (χ1v) is 6.53. The van der Waals surface area contributed by atoms with Gasteiger partial charge in [0, 0.05) is 38.1 Å². The molecule has 5 nitrogen and oxygen atoms in total. The van der Waals surface area contributed by atoms with E-state index < -0.39 is 0 Å². The monoisotopic (exact) mass is 274 g/mol. The molecule has 0 saturated heterocycles. The van der Waals surface area contributed by atoms with Crippen LogP contribution in [0.4, 0.5) is 0 Å².